The maximum atomic E-state index is 13.0. The summed E-state index contributed by atoms with van der Waals surface area (Å²) in [5.74, 6) is -2.72. The van der Waals surface area contributed by atoms with Gasteiger partial charge in [0.25, 0.3) is 11.8 Å². The minimum absolute atomic E-state index is 0.141. The Labute approximate surface area is 202 Å². The molecule has 35 heavy (non-hydrogen) atoms. The van der Waals surface area contributed by atoms with Crippen LogP contribution in [0.25, 0.3) is 16.7 Å². The van der Waals surface area contributed by atoms with Crippen LogP contribution in [-0.4, -0.2) is 62.1 Å². The van der Waals surface area contributed by atoms with Crippen molar-refractivity contribution in [1.82, 2.24) is 24.8 Å². The first-order chi connectivity index (χ1) is 16.8. The molecule has 2 atom stereocenters. The Kier molecular flexibility index (Phi) is 5.43. The second-order valence-electron chi connectivity index (χ2n) is 8.02. The Balaban J connectivity index is 1.42. The van der Waals surface area contributed by atoms with Crippen molar-refractivity contribution in [3.63, 3.8) is 0 Å². The number of aliphatic carboxylic acids is 1. The van der Waals surface area contributed by atoms with Crippen LogP contribution in [0.15, 0.2) is 41.0 Å². The van der Waals surface area contributed by atoms with Gasteiger partial charge in [0.05, 0.1) is 23.9 Å². The Morgan fingerprint density at radius 2 is 2.23 bits per heavy atom. The second kappa shape index (κ2) is 8.47. The summed E-state index contributed by atoms with van der Waals surface area (Å²) in [5.41, 5.74) is 7.44. The van der Waals surface area contributed by atoms with Crippen molar-refractivity contribution >= 4 is 56.7 Å². The third kappa shape index (κ3) is 3.67. The molecule has 0 spiro atoms. The SMILES string of the molecule is CO/N=C(\C(=O)N[C@@H]1C(=O)N2C(C(=O)[O-])=C([n+]3ccc4c(c3)ncn4C)CC[C@H]12)c1csc(N)n1. The Morgan fingerprint density at radius 3 is 2.91 bits per heavy atom. The highest BCUT2D eigenvalue weighted by Gasteiger charge is 2.54. The number of rotatable bonds is 6. The number of carbonyl (C=O) groups is 3. The van der Waals surface area contributed by atoms with Gasteiger partial charge >= 0.3 is 0 Å². The van der Waals surface area contributed by atoms with Crippen LogP contribution in [0.1, 0.15) is 18.5 Å². The number of anilines is 1. The van der Waals surface area contributed by atoms with Gasteiger partial charge in [-0.05, 0) is 6.42 Å². The van der Waals surface area contributed by atoms with E-state index in [4.69, 9.17) is 10.6 Å². The van der Waals surface area contributed by atoms with E-state index in [1.54, 1.807) is 28.7 Å². The lowest BCUT2D eigenvalue weighted by Crippen LogP contribution is -2.73. The molecular weight excluding hydrogens is 476 g/mol. The highest BCUT2D eigenvalue weighted by atomic mass is 32.1. The van der Waals surface area contributed by atoms with Crippen LogP contribution in [-0.2, 0) is 26.3 Å². The third-order valence-electron chi connectivity index (χ3n) is 6.03. The average molecular weight is 497 g/mol. The first-order valence-corrected chi connectivity index (χ1v) is 11.4. The summed E-state index contributed by atoms with van der Waals surface area (Å²) in [6.45, 7) is 0. The van der Waals surface area contributed by atoms with Gasteiger partial charge in [-0.25, -0.2) is 9.97 Å². The summed E-state index contributed by atoms with van der Waals surface area (Å²) in [6, 6.07) is 0.336. The van der Waals surface area contributed by atoms with Crippen molar-refractivity contribution in [1.29, 1.82) is 0 Å². The van der Waals surface area contributed by atoms with E-state index in [1.165, 1.54) is 12.0 Å². The molecular formula is C21H20N8O5S. The van der Waals surface area contributed by atoms with Gasteiger partial charge in [-0.2, -0.15) is 4.57 Å². The summed E-state index contributed by atoms with van der Waals surface area (Å²) < 4.78 is 3.49. The van der Waals surface area contributed by atoms with Crippen LogP contribution in [0.2, 0.25) is 0 Å². The molecule has 3 aromatic rings. The molecule has 2 aliphatic rings. The molecule has 3 aromatic heterocycles. The van der Waals surface area contributed by atoms with E-state index < -0.39 is 29.9 Å². The van der Waals surface area contributed by atoms with E-state index >= 15 is 0 Å². The quantitative estimate of drug-likeness (QED) is 0.177. The van der Waals surface area contributed by atoms with Crippen LogP contribution in [0.5, 0.6) is 0 Å². The number of nitrogen functional groups attached to an aromatic ring is 1. The lowest BCUT2D eigenvalue weighted by Gasteiger charge is -2.50. The number of amides is 2. The minimum Gasteiger partial charge on any atom is -0.543 e. The van der Waals surface area contributed by atoms with Gasteiger partial charge in [-0.3, -0.25) is 14.5 Å². The fraction of sp³-hybridized carbons (Fsp3) is 0.286. The van der Waals surface area contributed by atoms with Crippen molar-refractivity contribution in [2.75, 3.05) is 12.8 Å². The lowest BCUT2D eigenvalue weighted by molar-refractivity contribution is -0.583. The third-order valence-corrected chi connectivity index (χ3v) is 6.71. The molecule has 0 aromatic carbocycles. The number of carbonyl (C=O) groups excluding carboxylic acids is 3. The molecule has 0 unspecified atom stereocenters. The molecule has 3 N–H and O–H groups in total. The van der Waals surface area contributed by atoms with Crippen molar-refractivity contribution < 1.29 is 28.9 Å². The van der Waals surface area contributed by atoms with Gasteiger partial charge in [0, 0.05) is 24.9 Å². The topological polar surface area (TPSA) is 172 Å². The monoisotopic (exact) mass is 496 g/mol. The molecule has 5 rings (SSSR count). The van der Waals surface area contributed by atoms with E-state index in [1.807, 2.05) is 17.7 Å². The highest BCUT2D eigenvalue weighted by Crippen LogP contribution is 2.36. The molecule has 14 heteroatoms. The van der Waals surface area contributed by atoms with Gasteiger partial charge in [-0.15, -0.1) is 11.3 Å². The fourth-order valence-electron chi connectivity index (χ4n) is 4.44. The molecule has 180 valence electrons. The van der Waals surface area contributed by atoms with Crippen LogP contribution in [0.4, 0.5) is 5.13 Å². The number of nitrogens with one attached hydrogen (secondary N) is 1. The molecule has 0 radical (unpaired) electrons. The van der Waals surface area contributed by atoms with Gasteiger partial charge < -0.3 is 30.4 Å². The van der Waals surface area contributed by atoms with Crippen molar-refractivity contribution in [2.45, 2.75) is 24.9 Å². The number of fused-ring (bicyclic) bond motifs is 2. The van der Waals surface area contributed by atoms with E-state index in [-0.39, 0.29) is 22.2 Å². The van der Waals surface area contributed by atoms with Gasteiger partial charge in [0.2, 0.25) is 11.9 Å². The molecule has 0 aliphatic carbocycles. The first kappa shape index (κ1) is 22.5. The summed E-state index contributed by atoms with van der Waals surface area (Å²) >= 11 is 1.13. The molecule has 2 amide bonds. The summed E-state index contributed by atoms with van der Waals surface area (Å²) in [7, 11) is 3.13. The predicted molar refractivity (Wildman–Crippen MR) is 121 cm³/mol. The molecule has 1 fully saturated rings. The lowest BCUT2D eigenvalue weighted by atomic mass is 9.85. The zero-order valence-corrected chi connectivity index (χ0v) is 19.5. The number of carboxylic acid groups (broad SMARTS) is 1. The van der Waals surface area contributed by atoms with Crippen molar-refractivity contribution in [3.8, 4) is 0 Å². The molecule has 5 heterocycles. The molecule has 0 saturated carbocycles. The average Bonchev–Trinajstić information content (AvgIpc) is 3.44. The maximum absolute atomic E-state index is 13.0. The standard InChI is InChI=1S/C21H20N8O5S/c1-27-9-23-10-7-28(6-5-12(10)27)14-4-3-13-16(19(31)29(13)17(14)20(32)33)25-18(30)15(26-34-2)11-8-35-21(22)24-11/h5-9,13,16H,3-4H2,1-2H3,(H3-,22,24,25,30,32,33)/b26-15-/t13-,16+/m1/s1. The summed E-state index contributed by atoms with van der Waals surface area (Å²) in [6.07, 6.45) is 5.86. The summed E-state index contributed by atoms with van der Waals surface area (Å²) in [5, 5.41) is 20.2. The van der Waals surface area contributed by atoms with Crippen LogP contribution in [0.3, 0.4) is 0 Å². The van der Waals surface area contributed by atoms with Crippen LogP contribution < -0.4 is 20.7 Å². The molecule has 13 nitrogen and oxygen atoms in total. The van der Waals surface area contributed by atoms with Crippen LogP contribution in [0, 0.1) is 0 Å². The number of aromatic nitrogens is 4. The van der Waals surface area contributed by atoms with Crippen molar-refractivity contribution in [2.24, 2.45) is 12.2 Å². The number of nitrogens with zero attached hydrogens (tertiary/aromatic N) is 6. The van der Waals surface area contributed by atoms with E-state index in [0.29, 0.717) is 24.1 Å². The van der Waals surface area contributed by atoms with E-state index in [2.05, 4.69) is 20.4 Å². The summed E-state index contributed by atoms with van der Waals surface area (Å²) in [4.78, 5) is 52.3. The largest absolute Gasteiger partial charge is 0.543 e. The van der Waals surface area contributed by atoms with Gasteiger partial charge in [0.1, 0.15) is 24.5 Å². The number of allylic oxidation sites excluding steroid dienone is 1. The maximum Gasteiger partial charge on any atom is 0.276 e. The second-order valence-corrected chi connectivity index (χ2v) is 8.91. The molecule has 2 aliphatic heterocycles. The number of thiazole rings is 1. The minimum atomic E-state index is -1.48. The highest BCUT2D eigenvalue weighted by molar-refractivity contribution is 7.13. The molecule has 0 bridgehead atoms. The molecule has 1 saturated heterocycles. The first-order valence-electron chi connectivity index (χ1n) is 10.5. The number of nitrogens with two attached hydrogens (primary N) is 1. The number of hydrogen-bond donors (Lipinski definition) is 2. The number of hydrogen-bond acceptors (Lipinski definition) is 10. The predicted octanol–water partition coefficient (Wildman–Crippen LogP) is -1.64. The number of pyridine rings is 1. The Morgan fingerprint density at radius 1 is 1.43 bits per heavy atom. The fourth-order valence-corrected chi connectivity index (χ4v) is 4.99. The number of β-lactam (4-membered cyclic amide) rings is 1. The van der Waals surface area contributed by atoms with E-state index in [9.17, 15) is 19.5 Å². The number of aryl methyl sites for hydroxylation is 1. The zero-order chi connectivity index (χ0) is 24.9. The normalized spacial score (nSPS) is 20.0. The van der Waals surface area contributed by atoms with E-state index in [0.717, 1.165) is 16.9 Å². The Bertz CT molecular complexity index is 1440. The number of carboxylic acids is 1. The van der Waals surface area contributed by atoms with Gasteiger partial charge in [0.15, 0.2) is 22.6 Å². The number of oxime groups is 1. The smallest absolute Gasteiger partial charge is 0.276 e. The Hall–Kier alpha value is -4.33. The number of imidazole rings is 1. The van der Waals surface area contributed by atoms with Crippen LogP contribution >= 0.6 is 11.3 Å². The zero-order valence-electron chi connectivity index (χ0n) is 18.7. The van der Waals surface area contributed by atoms with Crippen molar-refractivity contribution in [3.05, 3.63) is 41.6 Å². The van der Waals surface area contributed by atoms with Gasteiger partial charge in [-0.1, -0.05) is 5.16 Å².